The largest absolute Gasteiger partial charge is 0.355 e. The van der Waals surface area contributed by atoms with Crippen LogP contribution in [-0.4, -0.2) is 58.6 Å². The molecule has 2 fully saturated rings. The Hall–Kier alpha value is -3.58. The minimum atomic E-state index is -0.265. The molecule has 2 aromatic heterocycles. The molecule has 1 unspecified atom stereocenters. The van der Waals surface area contributed by atoms with Crippen LogP contribution in [0.4, 0.5) is 5.95 Å². The molecule has 4 rings (SSSR count). The molecule has 2 amide bonds. The number of nitrogens with one attached hydrogen (secondary N) is 1. The normalized spacial score (nSPS) is 19.2. The van der Waals surface area contributed by atoms with Crippen molar-refractivity contribution in [3.8, 4) is 6.07 Å². The van der Waals surface area contributed by atoms with Gasteiger partial charge in [-0.15, -0.1) is 0 Å². The third kappa shape index (κ3) is 4.32. The van der Waals surface area contributed by atoms with Gasteiger partial charge in [-0.1, -0.05) is 0 Å². The third-order valence-electron chi connectivity index (χ3n) is 5.64. The number of hydrogen-bond acceptors (Lipinski definition) is 8. The van der Waals surface area contributed by atoms with Crippen molar-refractivity contribution in [1.82, 2.24) is 25.3 Å². The lowest BCUT2D eigenvalue weighted by Crippen LogP contribution is -2.42. The monoisotopic (exact) mass is 421 g/mol. The number of carbonyl (C=O) groups excluding carboxylic acids is 2. The molecule has 0 spiro atoms. The molecular weight excluding hydrogens is 398 g/mol. The number of hydrogen-bond donors (Lipinski definition) is 1. The molecule has 160 valence electrons. The standard InChI is InChI=1S/C21H23N7O3/c1-23-19(29)16-10-15(12-24-13-16)18-5-9-31-28(18)20(30)14-3-7-27(8-4-14)21-25-6-2-17(11-22)26-21/h2,6,10,12-14,18H,3-5,7-9H2,1H3,(H,23,29). The van der Waals surface area contributed by atoms with E-state index < -0.39 is 0 Å². The lowest BCUT2D eigenvalue weighted by Gasteiger charge is -2.34. The van der Waals surface area contributed by atoms with Crippen LogP contribution in [0.1, 0.15) is 46.9 Å². The number of nitrogens with zero attached hydrogens (tertiary/aromatic N) is 6. The van der Waals surface area contributed by atoms with E-state index in [-0.39, 0.29) is 23.8 Å². The Morgan fingerprint density at radius 3 is 2.81 bits per heavy atom. The first-order chi connectivity index (χ1) is 15.1. The van der Waals surface area contributed by atoms with Crippen molar-refractivity contribution < 1.29 is 14.4 Å². The third-order valence-corrected chi connectivity index (χ3v) is 5.64. The van der Waals surface area contributed by atoms with Crippen LogP contribution in [0.2, 0.25) is 0 Å². The molecule has 0 bridgehead atoms. The first-order valence-electron chi connectivity index (χ1n) is 10.2. The molecule has 2 aliphatic rings. The Balaban J connectivity index is 1.42. The van der Waals surface area contributed by atoms with Crippen LogP contribution in [0, 0.1) is 17.2 Å². The van der Waals surface area contributed by atoms with E-state index in [0.29, 0.717) is 56.2 Å². The van der Waals surface area contributed by atoms with Crippen LogP contribution in [-0.2, 0) is 9.63 Å². The zero-order valence-electron chi connectivity index (χ0n) is 17.2. The molecule has 2 saturated heterocycles. The number of rotatable bonds is 4. The summed E-state index contributed by atoms with van der Waals surface area (Å²) in [5.41, 5.74) is 1.56. The van der Waals surface area contributed by atoms with Gasteiger partial charge in [0.05, 0.1) is 18.2 Å². The van der Waals surface area contributed by atoms with Gasteiger partial charge in [0, 0.05) is 51.1 Å². The first-order valence-corrected chi connectivity index (χ1v) is 10.2. The maximum absolute atomic E-state index is 13.2. The Kier molecular flexibility index (Phi) is 6.04. The van der Waals surface area contributed by atoms with E-state index in [9.17, 15) is 9.59 Å². The van der Waals surface area contributed by atoms with Gasteiger partial charge in [-0.05, 0) is 30.5 Å². The van der Waals surface area contributed by atoms with Gasteiger partial charge in [0.15, 0.2) is 0 Å². The average Bonchev–Trinajstić information content (AvgIpc) is 3.33. The average molecular weight is 421 g/mol. The predicted octanol–water partition coefficient (Wildman–Crippen LogP) is 1.22. The molecule has 0 aliphatic carbocycles. The molecular formula is C21H23N7O3. The van der Waals surface area contributed by atoms with E-state index in [0.717, 1.165) is 5.56 Å². The van der Waals surface area contributed by atoms with Gasteiger partial charge in [-0.25, -0.2) is 15.0 Å². The summed E-state index contributed by atoms with van der Waals surface area (Å²) in [5, 5.41) is 13.1. The minimum absolute atomic E-state index is 0.0563. The maximum atomic E-state index is 13.2. The summed E-state index contributed by atoms with van der Waals surface area (Å²) in [6.45, 7) is 1.68. The molecule has 0 saturated carbocycles. The Morgan fingerprint density at radius 2 is 2.06 bits per heavy atom. The Labute approximate surface area is 179 Å². The van der Waals surface area contributed by atoms with Crippen molar-refractivity contribution in [2.24, 2.45) is 5.92 Å². The van der Waals surface area contributed by atoms with Crippen LogP contribution >= 0.6 is 0 Å². The molecule has 31 heavy (non-hydrogen) atoms. The quantitative estimate of drug-likeness (QED) is 0.781. The predicted molar refractivity (Wildman–Crippen MR) is 109 cm³/mol. The minimum Gasteiger partial charge on any atom is -0.355 e. The van der Waals surface area contributed by atoms with E-state index in [4.69, 9.17) is 10.1 Å². The van der Waals surface area contributed by atoms with Crippen molar-refractivity contribution in [3.63, 3.8) is 0 Å². The highest BCUT2D eigenvalue weighted by Gasteiger charge is 2.37. The summed E-state index contributed by atoms with van der Waals surface area (Å²) in [7, 11) is 1.57. The first kappa shape index (κ1) is 20.7. The molecule has 1 N–H and O–H groups in total. The van der Waals surface area contributed by atoms with E-state index >= 15 is 0 Å². The SMILES string of the molecule is CNC(=O)c1cncc(C2CCON2C(=O)C2CCN(c3nccc(C#N)n3)CC2)c1. The molecule has 0 radical (unpaired) electrons. The Bertz CT molecular complexity index is 1010. The summed E-state index contributed by atoms with van der Waals surface area (Å²) in [6.07, 6.45) is 6.68. The number of hydroxylamine groups is 2. The highest BCUT2D eigenvalue weighted by atomic mass is 16.7. The van der Waals surface area contributed by atoms with Crippen LogP contribution in [0.3, 0.4) is 0 Å². The topological polar surface area (TPSA) is 124 Å². The molecule has 0 aromatic carbocycles. The van der Waals surface area contributed by atoms with E-state index in [2.05, 4.69) is 20.3 Å². The second-order valence-electron chi connectivity index (χ2n) is 7.50. The second kappa shape index (κ2) is 9.06. The van der Waals surface area contributed by atoms with Crippen molar-refractivity contribution >= 4 is 17.8 Å². The number of piperidine rings is 1. The van der Waals surface area contributed by atoms with E-state index in [1.165, 1.54) is 11.3 Å². The summed E-state index contributed by atoms with van der Waals surface area (Å²) in [6, 6.07) is 5.08. The second-order valence-corrected chi connectivity index (χ2v) is 7.50. The summed E-state index contributed by atoms with van der Waals surface area (Å²) in [5.74, 6) is 0.0591. The van der Waals surface area contributed by atoms with Crippen molar-refractivity contribution in [3.05, 3.63) is 47.5 Å². The van der Waals surface area contributed by atoms with Gasteiger partial charge >= 0.3 is 0 Å². The summed E-state index contributed by atoms with van der Waals surface area (Å²) < 4.78 is 0. The lowest BCUT2D eigenvalue weighted by atomic mass is 9.94. The number of carbonyl (C=O) groups is 2. The van der Waals surface area contributed by atoms with Crippen LogP contribution in [0.5, 0.6) is 0 Å². The molecule has 4 heterocycles. The van der Waals surface area contributed by atoms with E-state index in [1.54, 1.807) is 31.6 Å². The van der Waals surface area contributed by atoms with Gasteiger partial charge in [0.1, 0.15) is 11.8 Å². The van der Waals surface area contributed by atoms with Crippen molar-refractivity contribution in [2.75, 3.05) is 31.6 Å². The summed E-state index contributed by atoms with van der Waals surface area (Å²) in [4.78, 5) is 45.5. The summed E-state index contributed by atoms with van der Waals surface area (Å²) >= 11 is 0. The van der Waals surface area contributed by atoms with Gasteiger partial charge in [-0.3, -0.25) is 19.4 Å². The zero-order valence-corrected chi connectivity index (χ0v) is 17.2. The van der Waals surface area contributed by atoms with Crippen molar-refractivity contribution in [2.45, 2.75) is 25.3 Å². The molecule has 1 atom stereocenters. The molecule has 10 nitrogen and oxygen atoms in total. The number of pyridine rings is 1. The molecule has 10 heteroatoms. The lowest BCUT2D eigenvalue weighted by molar-refractivity contribution is -0.182. The highest BCUT2D eigenvalue weighted by Crippen LogP contribution is 2.33. The van der Waals surface area contributed by atoms with Crippen LogP contribution in [0.15, 0.2) is 30.7 Å². The molecule has 2 aliphatic heterocycles. The van der Waals surface area contributed by atoms with Crippen LogP contribution < -0.4 is 10.2 Å². The fraction of sp³-hybridized carbons (Fsp3) is 0.429. The number of amides is 2. The van der Waals surface area contributed by atoms with Gasteiger partial charge < -0.3 is 10.2 Å². The van der Waals surface area contributed by atoms with Gasteiger partial charge in [-0.2, -0.15) is 5.26 Å². The van der Waals surface area contributed by atoms with Crippen LogP contribution in [0.25, 0.3) is 0 Å². The highest BCUT2D eigenvalue weighted by molar-refractivity contribution is 5.93. The van der Waals surface area contributed by atoms with Gasteiger partial charge in [0.25, 0.3) is 5.91 Å². The Morgan fingerprint density at radius 1 is 1.26 bits per heavy atom. The number of nitriles is 1. The zero-order chi connectivity index (χ0) is 21.8. The fourth-order valence-corrected chi connectivity index (χ4v) is 3.97. The van der Waals surface area contributed by atoms with E-state index in [1.807, 2.05) is 11.0 Å². The van der Waals surface area contributed by atoms with Gasteiger partial charge in [0.2, 0.25) is 11.9 Å². The van der Waals surface area contributed by atoms with Crippen molar-refractivity contribution in [1.29, 1.82) is 5.26 Å². The number of anilines is 1. The molecule has 2 aromatic rings. The smallest absolute Gasteiger partial charge is 0.252 e. The maximum Gasteiger partial charge on any atom is 0.252 e. The number of aromatic nitrogens is 3. The fourth-order valence-electron chi connectivity index (χ4n) is 3.97.